The number of alkyl halides is 2. The van der Waals surface area contributed by atoms with Crippen molar-refractivity contribution >= 4 is 38.9 Å². The van der Waals surface area contributed by atoms with Crippen molar-refractivity contribution in [1.82, 2.24) is 4.72 Å². The number of sulfonamides is 1. The van der Waals surface area contributed by atoms with Gasteiger partial charge in [-0.15, -0.1) is 0 Å². The summed E-state index contributed by atoms with van der Waals surface area (Å²) >= 11 is 14.1. The summed E-state index contributed by atoms with van der Waals surface area (Å²) in [6, 6.07) is 23.1. The number of hydrogen-bond donors (Lipinski definition) is 1. The predicted molar refractivity (Wildman–Crippen MR) is 135 cm³/mol. The molecule has 3 rings (SSSR count). The van der Waals surface area contributed by atoms with Crippen LogP contribution < -0.4 is 9.46 Å². The quantitative estimate of drug-likeness (QED) is 0.296. The third kappa shape index (κ3) is 6.15. The van der Waals surface area contributed by atoms with Crippen LogP contribution in [-0.4, -0.2) is 31.6 Å². The molecule has 0 saturated carbocycles. The zero-order chi connectivity index (χ0) is 24.1. The van der Waals surface area contributed by atoms with Crippen molar-refractivity contribution in [2.45, 2.75) is 35.2 Å². The molecule has 0 spiro atoms. The molecule has 8 heteroatoms. The minimum Gasteiger partial charge on any atom is -0.497 e. The number of halogens is 2. The van der Waals surface area contributed by atoms with Crippen LogP contribution in [0.15, 0.2) is 94.8 Å². The lowest BCUT2D eigenvalue weighted by Gasteiger charge is -2.33. The fourth-order valence-electron chi connectivity index (χ4n) is 3.31. The van der Waals surface area contributed by atoms with Gasteiger partial charge in [-0.05, 0) is 49.2 Å². The summed E-state index contributed by atoms with van der Waals surface area (Å²) in [4.78, 5) is 4.80. The van der Waals surface area contributed by atoms with Crippen LogP contribution in [0.1, 0.15) is 31.0 Å². The Kier molecular flexibility index (Phi) is 8.19. The van der Waals surface area contributed by atoms with Gasteiger partial charge in [0.2, 0.25) is 10.0 Å². The summed E-state index contributed by atoms with van der Waals surface area (Å²) in [7, 11) is -2.40. The van der Waals surface area contributed by atoms with Crippen molar-refractivity contribution < 1.29 is 13.2 Å². The van der Waals surface area contributed by atoms with Crippen molar-refractivity contribution in [3.63, 3.8) is 0 Å². The highest BCUT2D eigenvalue weighted by molar-refractivity contribution is 7.89. The minimum atomic E-state index is -3.96. The zero-order valence-electron chi connectivity index (χ0n) is 18.6. The fourth-order valence-corrected chi connectivity index (χ4v) is 5.40. The van der Waals surface area contributed by atoms with E-state index >= 15 is 0 Å². The molecule has 3 aromatic rings. The van der Waals surface area contributed by atoms with Gasteiger partial charge in [-0.25, -0.2) is 13.1 Å². The third-order valence-corrected chi connectivity index (χ3v) is 7.12. The summed E-state index contributed by atoms with van der Waals surface area (Å²) in [5.74, 6) is 0.622. The average Bonchev–Trinajstić information content (AvgIpc) is 2.82. The van der Waals surface area contributed by atoms with Crippen LogP contribution >= 0.6 is 23.2 Å². The van der Waals surface area contributed by atoms with Gasteiger partial charge in [-0.2, -0.15) is 0 Å². The molecule has 0 aliphatic carbocycles. The first-order valence-electron chi connectivity index (χ1n) is 10.4. The zero-order valence-corrected chi connectivity index (χ0v) is 20.9. The molecule has 174 valence electrons. The van der Waals surface area contributed by atoms with Crippen molar-refractivity contribution in [2.75, 3.05) is 7.11 Å². The Hall–Kier alpha value is -2.38. The molecule has 0 radical (unpaired) electrons. The van der Waals surface area contributed by atoms with E-state index in [-0.39, 0.29) is 10.9 Å². The third-order valence-electron chi connectivity index (χ3n) is 4.89. The molecule has 1 atom stereocenters. The number of hydrogen-bond acceptors (Lipinski definition) is 4. The lowest BCUT2D eigenvalue weighted by Crippen LogP contribution is -2.44. The van der Waals surface area contributed by atoms with E-state index in [4.69, 9.17) is 32.9 Å². The predicted octanol–water partition coefficient (Wildman–Crippen LogP) is 5.79. The van der Waals surface area contributed by atoms with E-state index in [1.54, 1.807) is 49.6 Å². The lowest BCUT2D eigenvalue weighted by molar-refractivity contribution is 0.414. The molecule has 0 aliphatic rings. The molecule has 3 aromatic carbocycles. The van der Waals surface area contributed by atoms with Crippen LogP contribution in [-0.2, 0) is 10.0 Å². The maximum Gasteiger partial charge on any atom is 0.241 e. The van der Waals surface area contributed by atoms with Crippen LogP contribution in [0.3, 0.4) is 0 Å². The van der Waals surface area contributed by atoms with E-state index in [0.29, 0.717) is 22.6 Å². The number of nitrogens with zero attached hydrogens (tertiary/aromatic N) is 1. The van der Waals surface area contributed by atoms with E-state index in [2.05, 4.69) is 4.72 Å². The first kappa shape index (κ1) is 25.2. The van der Waals surface area contributed by atoms with Gasteiger partial charge in [0.05, 0.1) is 23.8 Å². The summed E-state index contributed by atoms with van der Waals surface area (Å²) in [6.45, 7) is 3.81. The smallest absolute Gasteiger partial charge is 0.241 e. The number of nitrogens with one attached hydrogen (secondary N) is 1. The summed E-state index contributed by atoms with van der Waals surface area (Å²) in [5.41, 5.74) is 1.64. The van der Waals surface area contributed by atoms with Gasteiger partial charge in [0.1, 0.15) is 5.75 Å². The Morgan fingerprint density at radius 3 is 1.97 bits per heavy atom. The normalized spacial score (nSPS) is 13.7. The van der Waals surface area contributed by atoms with Gasteiger partial charge >= 0.3 is 0 Å². The van der Waals surface area contributed by atoms with Crippen molar-refractivity contribution in [3.8, 4) is 5.75 Å². The number of aliphatic imine (C=N–C) groups is 1. The standard InChI is InChI=1S/C25H26Cl2N2O3S/c1-18(2)28-23(19-10-6-4-7-11-19)25(26,27)24(20-14-16-21(32-3)17-15-20)29-33(30,31)22-12-8-5-9-13-22/h4-18,24,29H,1-3H3. The number of rotatable bonds is 9. The SMILES string of the molecule is COc1ccc(C(NS(=O)(=O)c2ccccc2)C(Cl)(Cl)C(=NC(C)C)c2ccccc2)cc1. The Labute approximate surface area is 205 Å². The van der Waals surface area contributed by atoms with Gasteiger partial charge in [-0.1, -0.05) is 83.9 Å². The lowest BCUT2D eigenvalue weighted by atomic mass is 9.96. The van der Waals surface area contributed by atoms with Gasteiger partial charge in [-0.3, -0.25) is 4.99 Å². The molecular weight excluding hydrogens is 479 g/mol. The molecule has 0 amide bonds. The molecule has 0 bridgehead atoms. The van der Waals surface area contributed by atoms with Gasteiger partial charge in [0.15, 0.2) is 4.33 Å². The number of ether oxygens (including phenoxy) is 1. The maximum absolute atomic E-state index is 13.3. The highest BCUT2D eigenvalue weighted by Gasteiger charge is 2.44. The molecule has 0 aromatic heterocycles. The molecule has 0 heterocycles. The van der Waals surface area contributed by atoms with Crippen LogP contribution in [0.2, 0.25) is 0 Å². The Bertz CT molecular complexity index is 1180. The Morgan fingerprint density at radius 2 is 1.45 bits per heavy atom. The monoisotopic (exact) mass is 504 g/mol. The van der Waals surface area contributed by atoms with Crippen LogP contribution in [0, 0.1) is 0 Å². The maximum atomic E-state index is 13.3. The Balaban J connectivity index is 2.16. The second-order valence-corrected chi connectivity index (χ2v) is 10.8. The Morgan fingerprint density at radius 1 is 0.909 bits per heavy atom. The molecule has 0 aliphatic heterocycles. The van der Waals surface area contributed by atoms with Gasteiger partial charge < -0.3 is 4.74 Å². The fraction of sp³-hybridized carbons (Fsp3) is 0.240. The summed E-state index contributed by atoms with van der Waals surface area (Å²) in [5, 5.41) is 0. The van der Waals surface area contributed by atoms with E-state index in [1.807, 2.05) is 44.2 Å². The van der Waals surface area contributed by atoms with Gasteiger partial charge in [0.25, 0.3) is 0 Å². The molecule has 1 unspecified atom stereocenters. The minimum absolute atomic E-state index is 0.106. The molecule has 33 heavy (non-hydrogen) atoms. The second-order valence-electron chi connectivity index (χ2n) is 7.70. The van der Waals surface area contributed by atoms with Crippen LogP contribution in [0.25, 0.3) is 0 Å². The summed E-state index contributed by atoms with van der Waals surface area (Å²) in [6.07, 6.45) is 0. The van der Waals surface area contributed by atoms with E-state index in [9.17, 15) is 8.42 Å². The van der Waals surface area contributed by atoms with Crippen LogP contribution in [0.5, 0.6) is 5.75 Å². The molecule has 1 N–H and O–H groups in total. The van der Waals surface area contributed by atoms with Crippen molar-refractivity contribution in [1.29, 1.82) is 0 Å². The van der Waals surface area contributed by atoms with E-state index in [0.717, 1.165) is 0 Å². The van der Waals surface area contributed by atoms with Crippen molar-refractivity contribution in [2.24, 2.45) is 4.99 Å². The number of benzene rings is 3. The highest BCUT2D eigenvalue weighted by atomic mass is 35.5. The van der Waals surface area contributed by atoms with E-state index < -0.39 is 20.4 Å². The summed E-state index contributed by atoms with van der Waals surface area (Å²) < 4.78 is 32.8. The topological polar surface area (TPSA) is 67.8 Å². The second kappa shape index (κ2) is 10.7. The highest BCUT2D eigenvalue weighted by Crippen LogP contribution is 2.41. The first-order valence-corrected chi connectivity index (χ1v) is 12.6. The molecular formula is C25H26Cl2N2O3S. The van der Waals surface area contributed by atoms with Gasteiger partial charge in [0, 0.05) is 6.04 Å². The molecule has 5 nitrogen and oxygen atoms in total. The van der Waals surface area contributed by atoms with Crippen molar-refractivity contribution in [3.05, 3.63) is 96.1 Å². The molecule has 0 fully saturated rings. The molecule has 0 saturated heterocycles. The van der Waals surface area contributed by atoms with E-state index in [1.165, 1.54) is 12.1 Å². The number of methoxy groups -OCH3 is 1. The van der Waals surface area contributed by atoms with Crippen LogP contribution in [0.4, 0.5) is 0 Å². The first-order chi connectivity index (χ1) is 15.6. The largest absolute Gasteiger partial charge is 0.497 e. The average molecular weight is 505 g/mol.